The number of hydrogen-bond donors (Lipinski definition) is 0. The number of aromatic nitrogens is 2. The molecule has 1 aliphatic rings. The Morgan fingerprint density at radius 1 is 0.354 bits per heavy atom. The molecule has 3 nitrogen and oxygen atoms in total. The quantitative estimate of drug-likeness (QED) is 0.162. The van der Waals surface area contributed by atoms with Crippen LogP contribution in [0.4, 0.5) is 0 Å². The molecule has 3 heteroatoms. The number of rotatable bonds is 4. The van der Waals surface area contributed by atoms with Crippen molar-refractivity contribution in [2.24, 2.45) is 0 Å². The van der Waals surface area contributed by atoms with Crippen LogP contribution in [0.5, 0.6) is 0 Å². The molecule has 0 bridgehead atoms. The summed E-state index contributed by atoms with van der Waals surface area (Å²) in [4.78, 5) is 14.5. The van der Waals surface area contributed by atoms with E-state index in [1.54, 1.807) is 0 Å². The van der Waals surface area contributed by atoms with E-state index in [0.717, 1.165) is 65.9 Å². The molecular weight excluding hydrogens is 789 g/mol. The molecule has 0 saturated heterocycles. The van der Waals surface area contributed by atoms with Crippen LogP contribution in [-0.4, -0.2) is 8.97 Å². The summed E-state index contributed by atoms with van der Waals surface area (Å²) in [6, 6.07) is 74.7. The van der Waals surface area contributed by atoms with Gasteiger partial charge in [-0.1, -0.05) is 172 Å². The fraction of sp³-hybridized carbons (Fsp3) is 0.0484. The van der Waals surface area contributed by atoms with Crippen molar-refractivity contribution in [2.75, 3.05) is 0 Å². The van der Waals surface area contributed by atoms with Gasteiger partial charge in [-0.2, -0.15) is 0 Å². The zero-order valence-electron chi connectivity index (χ0n) is 35.9. The average molecular weight is 829 g/mol. The van der Waals surface area contributed by atoms with E-state index in [1.165, 1.54) is 66.0 Å². The Bertz CT molecular complexity index is 4230. The molecule has 0 N–H and O–H groups in total. The van der Waals surface area contributed by atoms with Crippen LogP contribution in [0.1, 0.15) is 25.0 Å². The first-order valence-corrected chi connectivity index (χ1v) is 22.6. The second kappa shape index (κ2) is 13.1. The second-order valence-electron chi connectivity index (χ2n) is 18.4. The van der Waals surface area contributed by atoms with E-state index in [1.807, 2.05) is 22.6 Å². The maximum absolute atomic E-state index is 14.5. The van der Waals surface area contributed by atoms with Gasteiger partial charge in [-0.05, 0) is 109 Å². The zero-order chi connectivity index (χ0) is 43.1. The van der Waals surface area contributed by atoms with E-state index in [0.29, 0.717) is 0 Å². The fourth-order valence-electron chi connectivity index (χ4n) is 11.7. The maximum Gasteiger partial charge on any atom is 0.263 e. The molecule has 10 aromatic carbocycles. The number of hydrogen-bond acceptors (Lipinski definition) is 1. The van der Waals surface area contributed by atoms with E-state index in [-0.39, 0.29) is 11.0 Å². The van der Waals surface area contributed by atoms with Crippen LogP contribution < -0.4 is 5.56 Å². The van der Waals surface area contributed by atoms with Crippen molar-refractivity contribution in [3.05, 3.63) is 228 Å². The summed E-state index contributed by atoms with van der Waals surface area (Å²) >= 11 is 0. The lowest BCUT2D eigenvalue weighted by molar-refractivity contribution is 0.661. The molecule has 13 aromatic rings. The van der Waals surface area contributed by atoms with Gasteiger partial charge in [-0.15, -0.1) is 0 Å². The molecule has 304 valence electrons. The van der Waals surface area contributed by atoms with Crippen molar-refractivity contribution in [1.82, 2.24) is 8.97 Å². The van der Waals surface area contributed by atoms with Crippen molar-refractivity contribution in [1.29, 1.82) is 0 Å². The number of pyridine rings is 1. The van der Waals surface area contributed by atoms with Crippen LogP contribution in [-0.2, 0) is 5.41 Å². The van der Waals surface area contributed by atoms with Gasteiger partial charge in [0.15, 0.2) is 0 Å². The summed E-state index contributed by atoms with van der Waals surface area (Å²) in [5, 5.41) is 9.78. The van der Waals surface area contributed by atoms with Gasteiger partial charge in [0.2, 0.25) is 0 Å². The highest BCUT2D eigenvalue weighted by Crippen LogP contribution is 2.53. The SMILES string of the molecule is CC1(C)c2ccccc2-c2c1ccc1c3ccccc3n(-c3ccc(-c4cc5c6ccccc6c(=O)n6c7ccc(-c8cccc(-c9ccccc9)c8)cc7c(c4)c56)c4ccccc34)c21. The Balaban J connectivity index is 1.04. The summed E-state index contributed by atoms with van der Waals surface area (Å²) in [5.74, 6) is 0. The largest absolute Gasteiger partial charge is 0.308 e. The topological polar surface area (TPSA) is 26.4 Å². The summed E-state index contributed by atoms with van der Waals surface area (Å²) < 4.78 is 4.49. The Morgan fingerprint density at radius 2 is 0.985 bits per heavy atom. The minimum Gasteiger partial charge on any atom is -0.308 e. The number of para-hydroxylation sites is 1. The molecule has 0 amide bonds. The fourth-order valence-corrected chi connectivity index (χ4v) is 11.7. The average Bonchev–Trinajstić information content (AvgIpc) is 3.96. The third kappa shape index (κ3) is 4.93. The molecule has 14 rings (SSSR count). The molecule has 0 saturated carbocycles. The molecule has 0 atom stereocenters. The zero-order valence-corrected chi connectivity index (χ0v) is 35.9. The van der Waals surface area contributed by atoms with Crippen molar-refractivity contribution < 1.29 is 0 Å². The van der Waals surface area contributed by atoms with Crippen LogP contribution >= 0.6 is 0 Å². The Kier molecular flexibility index (Phi) is 7.32. The van der Waals surface area contributed by atoms with E-state index in [4.69, 9.17) is 0 Å². The Labute approximate surface area is 375 Å². The summed E-state index contributed by atoms with van der Waals surface area (Å²) in [6.45, 7) is 4.72. The van der Waals surface area contributed by atoms with E-state index in [9.17, 15) is 4.79 Å². The molecule has 0 spiro atoms. The predicted molar refractivity (Wildman–Crippen MR) is 273 cm³/mol. The van der Waals surface area contributed by atoms with Crippen LogP contribution in [0, 0.1) is 0 Å². The highest BCUT2D eigenvalue weighted by atomic mass is 16.1. The first kappa shape index (κ1) is 36.2. The minimum atomic E-state index is -0.119. The predicted octanol–water partition coefficient (Wildman–Crippen LogP) is 15.8. The van der Waals surface area contributed by atoms with Gasteiger partial charge in [0.1, 0.15) is 0 Å². The van der Waals surface area contributed by atoms with E-state index < -0.39 is 0 Å². The maximum atomic E-state index is 14.5. The van der Waals surface area contributed by atoms with Crippen LogP contribution in [0.15, 0.2) is 211 Å². The number of benzene rings is 10. The Morgan fingerprint density at radius 3 is 1.82 bits per heavy atom. The minimum absolute atomic E-state index is 0.0122. The second-order valence-corrected chi connectivity index (χ2v) is 18.4. The molecule has 3 heterocycles. The van der Waals surface area contributed by atoms with Crippen molar-refractivity contribution in [3.8, 4) is 50.2 Å². The lowest BCUT2D eigenvalue weighted by Crippen LogP contribution is -2.14. The molecule has 0 fully saturated rings. The molecule has 1 aliphatic carbocycles. The monoisotopic (exact) mass is 828 g/mol. The van der Waals surface area contributed by atoms with Crippen LogP contribution in [0.2, 0.25) is 0 Å². The third-order valence-electron chi connectivity index (χ3n) is 14.6. The summed E-state index contributed by atoms with van der Waals surface area (Å²) in [6.07, 6.45) is 0. The molecule has 0 radical (unpaired) electrons. The van der Waals surface area contributed by atoms with Crippen LogP contribution in [0.25, 0.3) is 121 Å². The van der Waals surface area contributed by atoms with E-state index >= 15 is 0 Å². The van der Waals surface area contributed by atoms with E-state index in [2.05, 4.69) is 206 Å². The number of fused-ring (bicyclic) bond motifs is 13. The highest BCUT2D eigenvalue weighted by Gasteiger charge is 2.37. The lowest BCUT2D eigenvalue weighted by Gasteiger charge is -2.21. The van der Waals surface area contributed by atoms with Gasteiger partial charge in [0.05, 0.1) is 27.8 Å². The van der Waals surface area contributed by atoms with Crippen LogP contribution in [0.3, 0.4) is 0 Å². The Hall–Kier alpha value is -8.27. The van der Waals surface area contributed by atoms with Crippen molar-refractivity contribution in [2.45, 2.75) is 19.3 Å². The van der Waals surface area contributed by atoms with Gasteiger partial charge in [-0.3, -0.25) is 9.20 Å². The third-order valence-corrected chi connectivity index (χ3v) is 14.6. The first-order valence-electron chi connectivity index (χ1n) is 22.6. The summed E-state index contributed by atoms with van der Waals surface area (Å²) in [5.41, 5.74) is 17.6. The smallest absolute Gasteiger partial charge is 0.263 e. The van der Waals surface area contributed by atoms with Gasteiger partial charge >= 0.3 is 0 Å². The van der Waals surface area contributed by atoms with Crippen molar-refractivity contribution in [3.63, 3.8) is 0 Å². The molecular formula is C62H40N2O. The molecule has 0 aliphatic heterocycles. The first-order chi connectivity index (χ1) is 31.9. The summed E-state index contributed by atoms with van der Waals surface area (Å²) in [7, 11) is 0. The van der Waals surface area contributed by atoms with Gasteiger partial charge < -0.3 is 4.57 Å². The van der Waals surface area contributed by atoms with Gasteiger partial charge in [-0.25, -0.2) is 0 Å². The van der Waals surface area contributed by atoms with Gasteiger partial charge in [0, 0.05) is 48.7 Å². The highest BCUT2D eigenvalue weighted by molar-refractivity contribution is 6.23. The standard InChI is InChI=1S/C62H40N2O/c1-62(2)53-25-12-10-24-49(53)58-54(62)30-28-47-46-22-11-13-26-55(46)63(60(47)58)56-32-29-42(43-19-6-8-21-45(43)56)41-35-51-44-20-7-9-23-48(44)61(65)64-57-31-27-40(34-50(57)52(36-41)59(51)64)39-18-14-17-38(33-39)37-15-4-3-5-16-37/h3-36H,1-2H3. The number of nitrogens with zero attached hydrogens (tertiary/aromatic N) is 2. The van der Waals surface area contributed by atoms with Gasteiger partial charge in [0.25, 0.3) is 5.56 Å². The molecule has 3 aromatic heterocycles. The molecule has 65 heavy (non-hydrogen) atoms. The van der Waals surface area contributed by atoms with Crippen molar-refractivity contribution >= 4 is 70.5 Å². The normalized spacial score (nSPS) is 13.3. The molecule has 0 unspecified atom stereocenters. The lowest BCUT2D eigenvalue weighted by atomic mass is 9.82.